The van der Waals surface area contributed by atoms with E-state index in [9.17, 15) is 9.59 Å². The molecule has 3 aromatic rings. The lowest BCUT2D eigenvalue weighted by atomic mass is 10.0. The van der Waals surface area contributed by atoms with E-state index >= 15 is 0 Å². The lowest BCUT2D eigenvalue weighted by molar-refractivity contribution is -0.139. The number of furan rings is 1. The van der Waals surface area contributed by atoms with Crippen LogP contribution in [-0.2, 0) is 9.53 Å². The van der Waals surface area contributed by atoms with Crippen molar-refractivity contribution in [3.05, 3.63) is 54.3 Å². The Hall–Kier alpha value is -3.19. The molecule has 3 heterocycles. The second-order valence-corrected chi connectivity index (χ2v) is 6.37. The molecular formula is C20H18N2O5. The number of pyridine rings is 1. The molecule has 4 rings (SSSR count). The summed E-state index contributed by atoms with van der Waals surface area (Å²) in [5, 5.41) is 9.88. The van der Waals surface area contributed by atoms with Crippen LogP contribution in [-0.4, -0.2) is 52.7 Å². The Balaban J connectivity index is 1.79. The van der Waals surface area contributed by atoms with Gasteiger partial charge in [0.05, 0.1) is 43.0 Å². The standard InChI is InChI=1S/C20H18N2O5/c23-19(24)10-13-12-26-9-7-22(13)20(25)15-11-17(18-6-3-8-27-18)21-16-5-2-1-4-14(15)16/h1-6,8,11,13H,7,9-10,12H2,(H,23,24). The lowest BCUT2D eigenvalue weighted by Gasteiger charge is -2.35. The van der Waals surface area contributed by atoms with Gasteiger partial charge < -0.3 is 19.2 Å². The third-order valence-electron chi connectivity index (χ3n) is 4.62. The third kappa shape index (κ3) is 3.41. The van der Waals surface area contributed by atoms with E-state index < -0.39 is 12.0 Å². The van der Waals surface area contributed by atoms with Gasteiger partial charge in [-0.05, 0) is 24.3 Å². The summed E-state index contributed by atoms with van der Waals surface area (Å²) in [7, 11) is 0. The fourth-order valence-corrected chi connectivity index (χ4v) is 3.35. The van der Waals surface area contributed by atoms with Crippen molar-refractivity contribution in [2.24, 2.45) is 0 Å². The van der Waals surface area contributed by atoms with Gasteiger partial charge in [-0.2, -0.15) is 0 Å². The molecule has 27 heavy (non-hydrogen) atoms. The van der Waals surface area contributed by atoms with Gasteiger partial charge in [0.25, 0.3) is 5.91 Å². The Morgan fingerprint density at radius 1 is 1.22 bits per heavy atom. The molecular weight excluding hydrogens is 348 g/mol. The highest BCUT2D eigenvalue weighted by molar-refractivity contribution is 6.07. The molecule has 2 aromatic heterocycles. The third-order valence-corrected chi connectivity index (χ3v) is 4.62. The van der Waals surface area contributed by atoms with E-state index in [1.807, 2.05) is 24.3 Å². The van der Waals surface area contributed by atoms with Gasteiger partial charge in [0.2, 0.25) is 0 Å². The Labute approximate surface area is 155 Å². The van der Waals surface area contributed by atoms with Gasteiger partial charge in [-0.1, -0.05) is 18.2 Å². The van der Waals surface area contributed by atoms with Crippen molar-refractivity contribution < 1.29 is 23.8 Å². The van der Waals surface area contributed by atoms with Gasteiger partial charge in [-0.25, -0.2) is 4.98 Å². The predicted molar refractivity (Wildman–Crippen MR) is 97.3 cm³/mol. The second kappa shape index (κ2) is 7.20. The van der Waals surface area contributed by atoms with Crippen LogP contribution in [0.25, 0.3) is 22.4 Å². The Morgan fingerprint density at radius 3 is 2.85 bits per heavy atom. The van der Waals surface area contributed by atoms with Gasteiger partial charge in [0.1, 0.15) is 5.69 Å². The molecule has 0 radical (unpaired) electrons. The van der Waals surface area contributed by atoms with E-state index in [0.29, 0.717) is 35.7 Å². The molecule has 0 spiro atoms. The second-order valence-electron chi connectivity index (χ2n) is 6.37. The van der Waals surface area contributed by atoms with Crippen LogP contribution < -0.4 is 0 Å². The first kappa shape index (κ1) is 17.2. The molecule has 1 N–H and O–H groups in total. The van der Waals surface area contributed by atoms with Crippen LogP contribution in [0.3, 0.4) is 0 Å². The SMILES string of the molecule is O=C(O)CC1COCCN1C(=O)c1cc(-c2ccco2)nc2ccccc12. The summed E-state index contributed by atoms with van der Waals surface area (Å²) >= 11 is 0. The first-order chi connectivity index (χ1) is 13.1. The van der Waals surface area contributed by atoms with Crippen LogP contribution in [0.5, 0.6) is 0 Å². The number of aromatic nitrogens is 1. The fraction of sp³-hybridized carbons (Fsp3) is 0.250. The molecule has 1 aliphatic heterocycles. The van der Waals surface area contributed by atoms with E-state index in [1.165, 1.54) is 0 Å². The van der Waals surface area contributed by atoms with E-state index in [1.54, 1.807) is 29.4 Å². The van der Waals surface area contributed by atoms with Crippen LogP contribution in [0.2, 0.25) is 0 Å². The van der Waals surface area contributed by atoms with Gasteiger partial charge >= 0.3 is 5.97 Å². The van der Waals surface area contributed by atoms with Crippen molar-refractivity contribution in [3.8, 4) is 11.5 Å². The van der Waals surface area contributed by atoms with Crippen LogP contribution in [0.4, 0.5) is 0 Å². The zero-order chi connectivity index (χ0) is 18.8. The number of fused-ring (bicyclic) bond motifs is 1. The monoisotopic (exact) mass is 366 g/mol. The molecule has 7 heteroatoms. The topological polar surface area (TPSA) is 92.9 Å². The highest BCUT2D eigenvalue weighted by Gasteiger charge is 2.31. The van der Waals surface area contributed by atoms with E-state index in [0.717, 1.165) is 5.39 Å². The minimum Gasteiger partial charge on any atom is -0.481 e. The number of benzene rings is 1. The van der Waals surface area contributed by atoms with E-state index in [-0.39, 0.29) is 18.9 Å². The lowest BCUT2D eigenvalue weighted by Crippen LogP contribution is -2.49. The predicted octanol–water partition coefficient (Wildman–Crippen LogP) is 2.81. The Morgan fingerprint density at radius 2 is 2.07 bits per heavy atom. The molecule has 1 aromatic carbocycles. The number of ether oxygens (including phenoxy) is 1. The molecule has 1 atom stereocenters. The zero-order valence-corrected chi connectivity index (χ0v) is 14.5. The maximum atomic E-state index is 13.3. The van der Waals surface area contributed by atoms with Crippen molar-refractivity contribution in [2.75, 3.05) is 19.8 Å². The van der Waals surface area contributed by atoms with Crippen LogP contribution in [0.1, 0.15) is 16.8 Å². The number of carbonyl (C=O) groups excluding carboxylic acids is 1. The molecule has 1 unspecified atom stereocenters. The summed E-state index contributed by atoms with van der Waals surface area (Å²) in [6.45, 7) is 0.950. The van der Waals surface area contributed by atoms with Crippen molar-refractivity contribution in [1.82, 2.24) is 9.88 Å². The van der Waals surface area contributed by atoms with Crippen LogP contribution >= 0.6 is 0 Å². The summed E-state index contributed by atoms with van der Waals surface area (Å²) in [4.78, 5) is 30.7. The number of hydrogen-bond donors (Lipinski definition) is 1. The smallest absolute Gasteiger partial charge is 0.305 e. The number of amides is 1. The highest BCUT2D eigenvalue weighted by Crippen LogP contribution is 2.27. The number of nitrogens with zero attached hydrogens (tertiary/aromatic N) is 2. The minimum atomic E-state index is -0.959. The highest BCUT2D eigenvalue weighted by atomic mass is 16.5. The molecule has 1 saturated heterocycles. The summed E-state index contributed by atoms with van der Waals surface area (Å²) in [6.07, 6.45) is 1.40. The zero-order valence-electron chi connectivity index (χ0n) is 14.5. The first-order valence-corrected chi connectivity index (χ1v) is 8.67. The van der Waals surface area contributed by atoms with Gasteiger partial charge in [-0.15, -0.1) is 0 Å². The maximum absolute atomic E-state index is 13.3. The maximum Gasteiger partial charge on any atom is 0.305 e. The van der Waals surface area contributed by atoms with Gasteiger partial charge in [0.15, 0.2) is 5.76 Å². The summed E-state index contributed by atoms with van der Waals surface area (Å²) in [5.74, 6) is -0.617. The number of hydrogen-bond acceptors (Lipinski definition) is 5. The van der Waals surface area contributed by atoms with Crippen molar-refractivity contribution in [1.29, 1.82) is 0 Å². The van der Waals surface area contributed by atoms with Gasteiger partial charge in [-0.3, -0.25) is 9.59 Å². The number of carbonyl (C=O) groups is 2. The number of morpholine rings is 1. The molecule has 0 aliphatic carbocycles. The number of carboxylic acids is 1. The first-order valence-electron chi connectivity index (χ1n) is 8.67. The fourth-order valence-electron chi connectivity index (χ4n) is 3.35. The molecule has 1 amide bonds. The number of aliphatic carboxylic acids is 1. The number of para-hydroxylation sites is 1. The molecule has 1 aliphatic rings. The van der Waals surface area contributed by atoms with Crippen LogP contribution in [0.15, 0.2) is 53.1 Å². The molecule has 0 bridgehead atoms. The number of carboxylic acid groups (broad SMARTS) is 1. The van der Waals surface area contributed by atoms with E-state index in [4.69, 9.17) is 14.3 Å². The summed E-state index contributed by atoms with van der Waals surface area (Å²) < 4.78 is 10.8. The molecule has 7 nitrogen and oxygen atoms in total. The van der Waals surface area contributed by atoms with Crippen LogP contribution in [0, 0.1) is 0 Å². The van der Waals surface area contributed by atoms with Crippen molar-refractivity contribution >= 4 is 22.8 Å². The summed E-state index contributed by atoms with van der Waals surface area (Å²) in [5.41, 5.74) is 1.71. The normalized spacial score (nSPS) is 17.2. The molecule has 1 fully saturated rings. The minimum absolute atomic E-state index is 0.153. The Kier molecular flexibility index (Phi) is 4.60. The molecule has 138 valence electrons. The average Bonchev–Trinajstić information content (AvgIpc) is 3.21. The molecule has 0 saturated carbocycles. The van der Waals surface area contributed by atoms with E-state index in [2.05, 4.69) is 4.98 Å². The van der Waals surface area contributed by atoms with Gasteiger partial charge in [0, 0.05) is 11.9 Å². The van der Waals surface area contributed by atoms with Crippen molar-refractivity contribution in [3.63, 3.8) is 0 Å². The quantitative estimate of drug-likeness (QED) is 0.763. The average molecular weight is 366 g/mol. The summed E-state index contributed by atoms with van der Waals surface area (Å²) in [6, 6.07) is 12.1. The largest absolute Gasteiger partial charge is 0.481 e. The number of rotatable bonds is 4. The van der Waals surface area contributed by atoms with Crippen molar-refractivity contribution in [2.45, 2.75) is 12.5 Å². The Bertz CT molecular complexity index is 983.